The Morgan fingerprint density at radius 1 is 0.882 bits per heavy atom. The average molecular weight is 716 g/mol. The molecule has 1 unspecified atom stereocenters. The molecule has 2 aliphatic rings. The van der Waals surface area contributed by atoms with E-state index >= 15 is 0 Å². The second kappa shape index (κ2) is 17.7. The molecule has 1 aliphatic carbocycles. The fraction of sp³-hybridized carbons (Fsp3) is 0.389. The van der Waals surface area contributed by atoms with E-state index in [1.54, 1.807) is 29.2 Å². The molecule has 1 heterocycles. The first-order chi connectivity index (χ1) is 24.6. The second-order valence-corrected chi connectivity index (χ2v) is 12.0. The molecule has 11 nitrogen and oxygen atoms in total. The first-order valence-electron chi connectivity index (χ1n) is 16.5. The van der Waals surface area contributed by atoms with Gasteiger partial charge in [0.2, 0.25) is 11.7 Å². The van der Waals surface area contributed by atoms with Gasteiger partial charge in [0.15, 0.2) is 17.4 Å². The number of carbonyl (C=O) groups is 2. The quantitative estimate of drug-likeness (QED) is 0.0539. The molecule has 3 aromatic rings. The molecule has 1 fully saturated rings. The lowest BCUT2D eigenvalue weighted by atomic mass is 9.87. The Kier molecular flexibility index (Phi) is 12.8. The van der Waals surface area contributed by atoms with Crippen molar-refractivity contribution in [1.29, 1.82) is 0 Å². The first-order valence-corrected chi connectivity index (χ1v) is 16.5. The number of benzene rings is 3. The smallest absolute Gasteiger partial charge is 0.410 e. The van der Waals surface area contributed by atoms with Gasteiger partial charge in [-0.25, -0.2) is 18.0 Å². The van der Waals surface area contributed by atoms with E-state index in [9.17, 15) is 37.3 Å². The summed E-state index contributed by atoms with van der Waals surface area (Å²) >= 11 is 0. The van der Waals surface area contributed by atoms with Crippen LogP contribution in [0.4, 0.5) is 22.4 Å². The summed E-state index contributed by atoms with van der Waals surface area (Å²) in [5.41, 5.74) is 2.72. The number of hydrogen-bond donors (Lipinski definition) is 0. The van der Waals surface area contributed by atoms with Crippen LogP contribution in [0, 0.1) is 39.3 Å². The molecule has 15 heteroatoms. The van der Waals surface area contributed by atoms with Crippen LogP contribution in [0.25, 0.3) is 5.57 Å². The average Bonchev–Trinajstić information content (AvgIpc) is 3.97. The van der Waals surface area contributed by atoms with Crippen LogP contribution in [0.5, 0.6) is 5.75 Å². The maximum Gasteiger partial charge on any atom is 0.410 e. The molecule has 272 valence electrons. The van der Waals surface area contributed by atoms with E-state index in [-0.39, 0.29) is 64.6 Å². The Labute approximate surface area is 291 Å². The molecular formula is C36H37F4N3O8. The Hall–Kier alpha value is -5.18. The molecule has 51 heavy (non-hydrogen) atoms. The standard InChI is InChI=1S/C36H37F4N3O8/c37-30-6-2-1-5-26(30)22-42(27-11-12-27)35(44)29-23-41(36(45)50-20-18-48-19-21-51-43(46)47)16-15-28(29)25-9-7-24(8-10-25)4-3-17-49-34-32(39)14-13-31(38)33(34)40/h1-2,5-10,13-15,27,29H,3-4,11-12,16-23H2. The van der Waals surface area contributed by atoms with Crippen LogP contribution in [0.2, 0.25) is 0 Å². The summed E-state index contributed by atoms with van der Waals surface area (Å²) in [5, 5.41) is 9.30. The molecular weight excluding hydrogens is 678 g/mol. The van der Waals surface area contributed by atoms with Gasteiger partial charge in [-0.05, 0) is 60.6 Å². The summed E-state index contributed by atoms with van der Waals surface area (Å²) in [4.78, 5) is 44.8. The van der Waals surface area contributed by atoms with Gasteiger partial charge in [0.05, 0.1) is 25.7 Å². The summed E-state index contributed by atoms with van der Waals surface area (Å²) in [5.74, 6) is -5.78. The third kappa shape index (κ3) is 10.2. The molecule has 3 aromatic carbocycles. The van der Waals surface area contributed by atoms with Crippen molar-refractivity contribution >= 4 is 17.6 Å². The highest BCUT2D eigenvalue weighted by Gasteiger charge is 2.40. The van der Waals surface area contributed by atoms with E-state index < -0.39 is 46.1 Å². The summed E-state index contributed by atoms with van der Waals surface area (Å²) in [7, 11) is 0. The number of carbonyl (C=O) groups excluding carboxylic acids is 2. The largest absolute Gasteiger partial charge is 0.488 e. The summed E-state index contributed by atoms with van der Waals surface area (Å²) in [6.45, 7) is -0.274. The third-order valence-corrected chi connectivity index (χ3v) is 8.46. The number of halogens is 4. The van der Waals surface area contributed by atoms with Crippen molar-refractivity contribution in [2.24, 2.45) is 5.92 Å². The molecule has 0 saturated heterocycles. The van der Waals surface area contributed by atoms with Gasteiger partial charge in [-0.3, -0.25) is 4.79 Å². The summed E-state index contributed by atoms with van der Waals surface area (Å²) in [6, 6.07) is 15.1. The highest BCUT2D eigenvalue weighted by Crippen LogP contribution is 2.36. The van der Waals surface area contributed by atoms with E-state index in [4.69, 9.17) is 14.2 Å². The van der Waals surface area contributed by atoms with Crippen LogP contribution < -0.4 is 4.74 Å². The lowest BCUT2D eigenvalue weighted by Gasteiger charge is -2.35. The number of amides is 2. The summed E-state index contributed by atoms with van der Waals surface area (Å²) in [6.07, 6.45) is 3.56. The predicted molar refractivity (Wildman–Crippen MR) is 175 cm³/mol. The zero-order valence-corrected chi connectivity index (χ0v) is 27.6. The normalized spacial score (nSPS) is 15.6. The first kappa shape index (κ1) is 37.1. The molecule has 0 aromatic heterocycles. The van der Waals surface area contributed by atoms with Crippen LogP contribution in [0.3, 0.4) is 0 Å². The van der Waals surface area contributed by atoms with E-state index in [0.29, 0.717) is 30.0 Å². The van der Waals surface area contributed by atoms with Crippen molar-refractivity contribution in [1.82, 2.24) is 9.80 Å². The van der Waals surface area contributed by atoms with Crippen LogP contribution in [-0.4, -0.2) is 79.1 Å². The highest BCUT2D eigenvalue weighted by atomic mass is 19.2. The maximum atomic E-state index is 14.7. The van der Waals surface area contributed by atoms with Crippen molar-refractivity contribution in [2.45, 2.75) is 38.3 Å². The van der Waals surface area contributed by atoms with Gasteiger partial charge >= 0.3 is 6.09 Å². The zero-order chi connectivity index (χ0) is 36.3. The summed E-state index contributed by atoms with van der Waals surface area (Å²) < 4.78 is 71.6. The van der Waals surface area contributed by atoms with E-state index in [1.165, 1.54) is 11.0 Å². The van der Waals surface area contributed by atoms with Gasteiger partial charge in [-0.1, -0.05) is 48.5 Å². The van der Waals surface area contributed by atoms with Gasteiger partial charge < -0.3 is 28.8 Å². The Morgan fingerprint density at radius 3 is 2.33 bits per heavy atom. The van der Waals surface area contributed by atoms with Gasteiger partial charge in [0.25, 0.3) is 5.09 Å². The predicted octanol–water partition coefficient (Wildman–Crippen LogP) is 6.12. The molecule has 1 aliphatic heterocycles. The number of rotatable bonds is 17. The van der Waals surface area contributed by atoms with Crippen molar-refractivity contribution in [3.05, 3.63) is 117 Å². The monoisotopic (exact) mass is 715 g/mol. The minimum absolute atomic E-state index is 0.00775. The van der Waals surface area contributed by atoms with Crippen LogP contribution in [-0.2, 0) is 32.1 Å². The van der Waals surface area contributed by atoms with Gasteiger partial charge in [-0.2, -0.15) is 4.39 Å². The Bertz CT molecular complexity index is 1720. The van der Waals surface area contributed by atoms with Crippen LogP contribution >= 0.6 is 0 Å². The fourth-order valence-corrected chi connectivity index (χ4v) is 5.71. The van der Waals surface area contributed by atoms with Gasteiger partial charge in [0, 0.05) is 31.2 Å². The third-order valence-electron chi connectivity index (χ3n) is 8.46. The fourth-order valence-electron chi connectivity index (χ4n) is 5.71. The lowest BCUT2D eigenvalue weighted by Crippen LogP contribution is -2.47. The topological polar surface area (TPSA) is 121 Å². The van der Waals surface area contributed by atoms with Crippen molar-refractivity contribution in [3.8, 4) is 5.75 Å². The van der Waals surface area contributed by atoms with E-state index in [0.717, 1.165) is 30.0 Å². The molecule has 1 atom stereocenters. The molecule has 2 amide bonds. The number of ether oxygens (including phenoxy) is 3. The maximum absolute atomic E-state index is 14.7. The second-order valence-electron chi connectivity index (χ2n) is 12.0. The van der Waals surface area contributed by atoms with Crippen LogP contribution in [0.1, 0.15) is 36.0 Å². The van der Waals surface area contributed by atoms with Crippen molar-refractivity contribution in [2.75, 3.05) is 46.1 Å². The molecule has 5 rings (SSSR count). The van der Waals surface area contributed by atoms with Crippen LogP contribution in [0.15, 0.2) is 66.7 Å². The van der Waals surface area contributed by atoms with Gasteiger partial charge in [-0.15, -0.1) is 10.1 Å². The molecule has 1 saturated carbocycles. The molecule has 0 N–H and O–H groups in total. The van der Waals surface area contributed by atoms with Gasteiger partial charge in [0.1, 0.15) is 19.0 Å². The lowest BCUT2D eigenvalue weighted by molar-refractivity contribution is -0.758. The molecule has 0 bridgehead atoms. The minimum atomic E-state index is -1.38. The Balaban J connectivity index is 1.25. The van der Waals surface area contributed by atoms with Crippen molar-refractivity contribution < 1.29 is 51.3 Å². The number of hydrogen-bond acceptors (Lipinski definition) is 8. The molecule has 0 radical (unpaired) electrons. The molecule has 0 spiro atoms. The van der Waals surface area contributed by atoms with E-state index in [1.807, 2.05) is 24.3 Å². The minimum Gasteiger partial charge on any atom is -0.488 e. The zero-order valence-electron chi connectivity index (χ0n) is 27.6. The SMILES string of the molecule is O=C(OCCOCCO[N+](=O)[O-])N1CC=C(c2ccc(CCCOc3c(F)ccc(F)c3F)cc2)C(C(=O)N(Cc2ccccc2F)C2CC2)C1. The number of aryl methyl sites for hydroxylation is 1. The Morgan fingerprint density at radius 2 is 1.61 bits per heavy atom. The van der Waals surface area contributed by atoms with E-state index in [2.05, 4.69) is 4.84 Å². The van der Waals surface area contributed by atoms with Crippen molar-refractivity contribution in [3.63, 3.8) is 0 Å². The number of nitrogens with zero attached hydrogens (tertiary/aromatic N) is 3. The highest BCUT2D eigenvalue weighted by molar-refractivity contribution is 5.94.